The quantitative estimate of drug-likeness (QED) is 0.606. The van der Waals surface area contributed by atoms with E-state index in [2.05, 4.69) is 4.98 Å². The molecule has 0 radical (unpaired) electrons. The van der Waals surface area contributed by atoms with E-state index in [9.17, 15) is 4.79 Å². The van der Waals surface area contributed by atoms with E-state index < -0.39 is 11.8 Å². The summed E-state index contributed by atoms with van der Waals surface area (Å²) in [6, 6.07) is 7.28. The maximum absolute atomic E-state index is 11.5. The molecule has 0 saturated heterocycles. The molecular weight excluding hydrogens is 218 g/mol. The molecule has 0 atom stereocenters. The molecule has 2 rings (SSSR count). The first kappa shape index (κ1) is 11.5. The van der Waals surface area contributed by atoms with E-state index in [0.717, 1.165) is 10.9 Å². The van der Waals surface area contributed by atoms with Gasteiger partial charge in [0.25, 0.3) is 0 Å². The van der Waals surface area contributed by atoms with Crippen LogP contribution in [0.3, 0.4) is 0 Å². The third kappa shape index (κ3) is 3.00. The SMILES string of the molecule is CC(C)(C)OC(=O)Oc1ccc2[nH]ccc2c1. The monoisotopic (exact) mass is 233 g/mol. The standard InChI is InChI=1S/C13H15NO3/c1-13(2,3)17-12(15)16-10-4-5-11-9(8-10)6-7-14-11/h4-8,14H,1-3H3. The van der Waals surface area contributed by atoms with Crippen LogP contribution in [0.2, 0.25) is 0 Å². The van der Waals surface area contributed by atoms with Crippen molar-refractivity contribution >= 4 is 17.1 Å². The third-order valence-corrected chi connectivity index (χ3v) is 2.12. The highest BCUT2D eigenvalue weighted by Gasteiger charge is 2.18. The molecule has 0 bridgehead atoms. The lowest BCUT2D eigenvalue weighted by Gasteiger charge is -2.18. The van der Waals surface area contributed by atoms with Crippen LogP contribution in [0.25, 0.3) is 10.9 Å². The number of benzene rings is 1. The van der Waals surface area contributed by atoms with Gasteiger partial charge in [0.2, 0.25) is 0 Å². The van der Waals surface area contributed by atoms with Crippen molar-refractivity contribution in [3.05, 3.63) is 30.5 Å². The fourth-order valence-electron chi connectivity index (χ4n) is 1.46. The number of rotatable bonds is 1. The van der Waals surface area contributed by atoms with Gasteiger partial charge in [-0.1, -0.05) is 0 Å². The number of ether oxygens (including phenoxy) is 2. The molecule has 2 aromatic rings. The van der Waals surface area contributed by atoms with Gasteiger partial charge in [-0.25, -0.2) is 4.79 Å². The number of fused-ring (bicyclic) bond motifs is 1. The number of hydrogen-bond acceptors (Lipinski definition) is 3. The van der Waals surface area contributed by atoms with Crippen molar-refractivity contribution in [1.82, 2.24) is 4.98 Å². The van der Waals surface area contributed by atoms with Crippen molar-refractivity contribution in [2.75, 3.05) is 0 Å². The summed E-state index contributed by atoms with van der Waals surface area (Å²) in [6.07, 6.45) is 1.15. The van der Waals surface area contributed by atoms with Gasteiger partial charge in [-0.15, -0.1) is 0 Å². The van der Waals surface area contributed by atoms with Crippen LogP contribution in [0.5, 0.6) is 5.75 Å². The molecule has 4 heteroatoms. The molecule has 0 fully saturated rings. The van der Waals surface area contributed by atoms with Gasteiger partial charge in [-0.05, 0) is 45.0 Å². The molecule has 1 aromatic heterocycles. The van der Waals surface area contributed by atoms with E-state index in [1.807, 2.05) is 18.3 Å². The number of nitrogens with one attached hydrogen (secondary N) is 1. The number of H-pyrrole nitrogens is 1. The molecule has 0 amide bonds. The highest BCUT2D eigenvalue weighted by atomic mass is 16.7. The van der Waals surface area contributed by atoms with Crippen LogP contribution >= 0.6 is 0 Å². The molecule has 0 aliphatic carbocycles. The third-order valence-electron chi connectivity index (χ3n) is 2.12. The van der Waals surface area contributed by atoms with E-state index in [1.165, 1.54) is 0 Å². The summed E-state index contributed by atoms with van der Waals surface area (Å²) in [5.74, 6) is 0.478. The Bertz CT molecular complexity index is 537. The van der Waals surface area contributed by atoms with Crippen LogP contribution in [0.4, 0.5) is 4.79 Å². The fraction of sp³-hybridized carbons (Fsp3) is 0.308. The summed E-state index contributed by atoms with van der Waals surface area (Å²) in [4.78, 5) is 14.5. The van der Waals surface area contributed by atoms with Crippen LogP contribution in [0.15, 0.2) is 30.5 Å². The average molecular weight is 233 g/mol. The highest BCUT2D eigenvalue weighted by Crippen LogP contribution is 2.20. The number of aromatic nitrogens is 1. The molecule has 1 N–H and O–H groups in total. The Balaban J connectivity index is 2.10. The van der Waals surface area contributed by atoms with Crippen molar-refractivity contribution in [1.29, 1.82) is 0 Å². The van der Waals surface area contributed by atoms with Gasteiger partial charge in [-0.3, -0.25) is 0 Å². The van der Waals surface area contributed by atoms with Gasteiger partial charge in [-0.2, -0.15) is 0 Å². The zero-order valence-electron chi connectivity index (χ0n) is 10.1. The summed E-state index contributed by atoms with van der Waals surface area (Å²) in [6.45, 7) is 5.39. The highest BCUT2D eigenvalue weighted by molar-refractivity contribution is 5.81. The molecule has 90 valence electrons. The zero-order chi connectivity index (χ0) is 12.5. The number of aromatic amines is 1. The first-order chi connectivity index (χ1) is 7.94. The Morgan fingerprint density at radius 1 is 1.24 bits per heavy atom. The molecule has 0 unspecified atom stereocenters. The minimum Gasteiger partial charge on any atom is -0.428 e. The fourth-order valence-corrected chi connectivity index (χ4v) is 1.46. The zero-order valence-corrected chi connectivity index (χ0v) is 10.1. The molecule has 0 saturated carbocycles. The van der Waals surface area contributed by atoms with E-state index in [4.69, 9.17) is 9.47 Å². The molecule has 0 aliphatic heterocycles. The van der Waals surface area contributed by atoms with Crippen LogP contribution < -0.4 is 4.74 Å². The topological polar surface area (TPSA) is 51.3 Å². The minimum atomic E-state index is -0.688. The van der Waals surface area contributed by atoms with Crippen LogP contribution in [0, 0.1) is 0 Å². The lowest BCUT2D eigenvalue weighted by atomic mass is 10.2. The van der Waals surface area contributed by atoms with E-state index in [1.54, 1.807) is 32.9 Å². The van der Waals surface area contributed by atoms with Crippen molar-refractivity contribution in [3.8, 4) is 5.75 Å². The predicted octanol–water partition coefficient (Wildman–Crippen LogP) is 3.48. The second-order valence-corrected chi connectivity index (χ2v) is 4.79. The number of hydrogen-bond donors (Lipinski definition) is 1. The van der Waals surface area contributed by atoms with E-state index in [-0.39, 0.29) is 0 Å². The van der Waals surface area contributed by atoms with E-state index >= 15 is 0 Å². The Morgan fingerprint density at radius 2 is 2.00 bits per heavy atom. The Kier molecular flexibility index (Phi) is 2.79. The summed E-state index contributed by atoms with van der Waals surface area (Å²) in [5, 5.41) is 0.992. The lowest BCUT2D eigenvalue weighted by molar-refractivity contribution is 0.0206. The summed E-state index contributed by atoms with van der Waals surface area (Å²) in [7, 11) is 0. The predicted molar refractivity (Wildman–Crippen MR) is 65.2 cm³/mol. The lowest BCUT2D eigenvalue weighted by Crippen LogP contribution is -2.25. The maximum Gasteiger partial charge on any atom is 0.514 e. The van der Waals surface area contributed by atoms with Gasteiger partial charge in [0, 0.05) is 17.1 Å². The summed E-state index contributed by atoms with van der Waals surface area (Å²) < 4.78 is 10.2. The Hall–Kier alpha value is -1.97. The summed E-state index contributed by atoms with van der Waals surface area (Å²) in [5.41, 5.74) is 0.455. The molecule has 4 nitrogen and oxygen atoms in total. The molecule has 17 heavy (non-hydrogen) atoms. The number of carbonyl (C=O) groups is 1. The maximum atomic E-state index is 11.5. The van der Waals surface area contributed by atoms with Crippen molar-refractivity contribution in [3.63, 3.8) is 0 Å². The van der Waals surface area contributed by atoms with Gasteiger partial charge in [0.1, 0.15) is 11.4 Å². The normalized spacial score (nSPS) is 11.5. The molecular formula is C13H15NO3. The largest absolute Gasteiger partial charge is 0.514 e. The smallest absolute Gasteiger partial charge is 0.428 e. The Labute approximate surface area is 99.5 Å². The van der Waals surface area contributed by atoms with Gasteiger partial charge < -0.3 is 14.5 Å². The second-order valence-electron chi connectivity index (χ2n) is 4.79. The average Bonchev–Trinajstić information content (AvgIpc) is 2.61. The molecule has 1 aromatic carbocycles. The molecule has 1 heterocycles. The second kappa shape index (κ2) is 4.13. The first-order valence-corrected chi connectivity index (χ1v) is 5.42. The number of carbonyl (C=O) groups excluding carboxylic acids is 1. The van der Waals surface area contributed by atoms with Crippen molar-refractivity contribution in [2.24, 2.45) is 0 Å². The summed E-state index contributed by atoms with van der Waals surface area (Å²) >= 11 is 0. The van der Waals surface area contributed by atoms with Crippen LogP contribution in [0.1, 0.15) is 20.8 Å². The van der Waals surface area contributed by atoms with Gasteiger partial charge in [0.15, 0.2) is 0 Å². The van der Waals surface area contributed by atoms with Crippen LogP contribution in [-0.4, -0.2) is 16.7 Å². The minimum absolute atomic E-state index is 0.478. The van der Waals surface area contributed by atoms with Gasteiger partial charge >= 0.3 is 6.16 Å². The van der Waals surface area contributed by atoms with E-state index in [0.29, 0.717) is 5.75 Å². The molecule has 0 spiro atoms. The van der Waals surface area contributed by atoms with Crippen LogP contribution in [-0.2, 0) is 4.74 Å². The first-order valence-electron chi connectivity index (χ1n) is 5.42. The van der Waals surface area contributed by atoms with Crippen molar-refractivity contribution < 1.29 is 14.3 Å². The Morgan fingerprint density at radius 3 is 2.71 bits per heavy atom. The van der Waals surface area contributed by atoms with Gasteiger partial charge in [0.05, 0.1) is 0 Å². The van der Waals surface area contributed by atoms with Crippen molar-refractivity contribution in [2.45, 2.75) is 26.4 Å². The molecule has 0 aliphatic rings.